The summed E-state index contributed by atoms with van der Waals surface area (Å²) in [6.45, 7) is 16.0. The number of carbonyl (C=O) groups excluding carboxylic acids is 8. The van der Waals surface area contributed by atoms with Crippen molar-refractivity contribution in [2.24, 2.45) is 22.7 Å². The molecule has 4 aliphatic rings. The van der Waals surface area contributed by atoms with Crippen molar-refractivity contribution < 1.29 is 68.1 Å². The topological polar surface area (TPSA) is 365 Å². The Bertz CT molecular complexity index is 2630. The molecular weight excluding hydrogens is 1220 g/mol. The number of likely N-dealkylation sites (tertiary alicyclic amines) is 2. The van der Waals surface area contributed by atoms with Gasteiger partial charge in [0.2, 0.25) is 41.4 Å². The highest BCUT2D eigenvalue weighted by molar-refractivity contribution is 7.98. The zero-order valence-electron chi connectivity index (χ0n) is 53.8. The van der Waals surface area contributed by atoms with E-state index in [1.54, 1.807) is 31.4 Å². The Hall–Kier alpha value is -6.31. The molecule has 4 aliphatic heterocycles. The van der Waals surface area contributed by atoms with E-state index in [1.807, 2.05) is 57.7 Å². The molecule has 3 saturated heterocycles. The smallest absolute Gasteiger partial charge is 0.317 e. The van der Waals surface area contributed by atoms with E-state index in [0.29, 0.717) is 61.7 Å². The Morgan fingerprint density at radius 2 is 1.18 bits per heavy atom. The molecule has 5 atom stereocenters. The van der Waals surface area contributed by atoms with Crippen LogP contribution < -0.4 is 31.9 Å². The molecule has 0 saturated carbocycles. The maximum absolute atomic E-state index is 15.4. The van der Waals surface area contributed by atoms with Crippen LogP contribution in [-0.2, 0) is 64.2 Å². The van der Waals surface area contributed by atoms with E-state index in [1.165, 1.54) is 23.5 Å². The molecule has 30 heteroatoms. The molecule has 508 valence electrons. The molecule has 5 rings (SSSR count). The number of thioether (sulfide) groups is 2. The molecule has 1 unspecified atom stereocenters. The van der Waals surface area contributed by atoms with Gasteiger partial charge in [-0.25, -0.2) is 4.99 Å². The fourth-order valence-electron chi connectivity index (χ4n) is 11.2. The molecule has 1 spiro atoms. The average Bonchev–Trinajstić information content (AvgIpc) is 1.00. The van der Waals surface area contributed by atoms with Crippen LogP contribution in [0.1, 0.15) is 104 Å². The van der Waals surface area contributed by atoms with Crippen molar-refractivity contribution in [2.75, 3.05) is 123 Å². The van der Waals surface area contributed by atoms with Crippen molar-refractivity contribution in [3.8, 4) is 0 Å². The molecule has 1 aromatic rings. The van der Waals surface area contributed by atoms with E-state index in [9.17, 15) is 63.3 Å². The van der Waals surface area contributed by atoms with E-state index >= 15 is 4.79 Å². The van der Waals surface area contributed by atoms with Crippen LogP contribution in [0.25, 0.3) is 0 Å². The number of piperidine rings is 2. The fourth-order valence-corrected chi connectivity index (χ4v) is 13.2. The van der Waals surface area contributed by atoms with Gasteiger partial charge in [-0.05, 0) is 75.1 Å². The van der Waals surface area contributed by atoms with Gasteiger partial charge in [0.15, 0.2) is 0 Å². The second-order valence-electron chi connectivity index (χ2n) is 25.1. The van der Waals surface area contributed by atoms with Gasteiger partial charge in [0.1, 0.15) is 29.7 Å². The maximum atomic E-state index is 15.4. The van der Waals surface area contributed by atoms with E-state index in [0.717, 1.165) is 0 Å². The lowest BCUT2D eigenvalue weighted by Gasteiger charge is -2.43. The van der Waals surface area contributed by atoms with E-state index in [-0.39, 0.29) is 171 Å². The average molecular weight is 1320 g/mol. The third-order valence-electron chi connectivity index (χ3n) is 16.9. The minimum absolute atomic E-state index is 0.0593. The Morgan fingerprint density at radius 3 is 1.67 bits per heavy atom. The van der Waals surface area contributed by atoms with Crippen LogP contribution in [0.3, 0.4) is 0 Å². The monoisotopic (exact) mass is 1310 g/mol. The number of amides is 8. The van der Waals surface area contributed by atoms with Gasteiger partial charge >= 0.3 is 17.9 Å². The lowest BCUT2D eigenvalue weighted by Crippen LogP contribution is -2.68. The van der Waals surface area contributed by atoms with Crippen LogP contribution in [0.15, 0.2) is 23.2 Å². The lowest BCUT2D eigenvalue weighted by molar-refractivity contribution is -0.143. The van der Waals surface area contributed by atoms with Crippen LogP contribution in [0.2, 0.25) is 0 Å². The highest BCUT2D eigenvalue weighted by atomic mass is 32.2. The summed E-state index contributed by atoms with van der Waals surface area (Å²) in [5, 5.41) is 47.1. The maximum Gasteiger partial charge on any atom is 0.317 e. The number of aromatic nitrogens is 1. The van der Waals surface area contributed by atoms with Crippen molar-refractivity contribution >= 4 is 95.4 Å². The van der Waals surface area contributed by atoms with Gasteiger partial charge in [-0.3, -0.25) is 82.2 Å². The molecule has 0 aliphatic carbocycles. The number of aliphatic imine (C=N–C) groups is 1. The number of hydrogen-bond acceptors (Lipinski definition) is 19. The quantitative estimate of drug-likeness (QED) is 0.0763. The Morgan fingerprint density at radius 1 is 0.659 bits per heavy atom. The molecular formula is C61H98N14O14S2. The van der Waals surface area contributed by atoms with Gasteiger partial charge in [-0.2, -0.15) is 23.5 Å². The van der Waals surface area contributed by atoms with E-state index < -0.39 is 83.1 Å². The standard InChI is InChI=1S/C61H98N14O14S2/c1-8-42(6)55-59(88)66-47(57(86)64-43-14-18-70(19-15-43)31-50(77)62-7)38-90-36-44-10-9-11-45(63-44)37-91-39-48(65-49(76)13-12-40(2)3)58(87)69-61(60(89)67-46(30-41(4)5)56(85)68-55)16-20-75(21-17-61)51(78)32-71-22-24-72(33-52(79)80)26-28-74(35-54(83)84)29-27-73(25-23-71)34-53(81)82/h9-11,40-43,46-48,55H,7-8,12-39H2,1-6H3,(H,64,86)(H,65,76)(H,66,88)(H,67,89)(H,68,85)(H,69,87)(H,79,80)(H,81,82)(H,83,84)/t42-,46?,47+,48+,55-/m0/s1. The fraction of sp³-hybridized carbons (Fsp3) is 0.721. The predicted octanol–water partition coefficient (Wildman–Crippen LogP) is -0.210. The first-order valence-electron chi connectivity index (χ1n) is 31.7. The molecule has 2 bridgehead atoms. The summed E-state index contributed by atoms with van der Waals surface area (Å²) in [5.74, 6) is -7.03. The Balaban J connectivity index is 1.47. The number of fused-ring (bicyclic) bond motifs is 2. The van der Waals surface area contributed by atoms with Crippen molar-refractivity contribution in [2.45, 2.75) is 140 Å². The number of carboxylic acid groups (broad SMARTS) is 3. The van der Waals surface area contributed by atoms with Crippen molar-refractivity contribution in [3.63, 3.8) is 0 Å². The third kappa shape index (κ3) is 26.3. The molecule has 9 N–H and O–H groups in total. The third-order valence-corrected chi connectivity index (χ3v) is 19.0. The number of hydrogen-bond donors (Lipinski definition) is 9. The first-order chi connectivity index (χ1) is 43.2. The highest BCUT2D eigenvalue weighted by Gasteiger charge is 2.46. The van der Waals surface area contributed by atoms with Crippen LogP contribution in [-0.4, -0.2) is 280 Å². The lowest BCUT2D eigenvalue weighted by atomic mass is 9.85. The van der Waals surface area contributed by atoms with E-state index in [4.69, 9.17) is 4.98 Å². The molecule has 5 heterocycles. The van der Waals surface area contributed by atoms with Gasteiger partial charge in [0, 0.05) is 114 Å². The number of pyridine rings is 1. The van der Waals surface area contributed by atoms with Gasteiger partial charge in [0.05, 0.1) is 44.1 Å². The Labute approximate surface area is 542 Å². The summed E-state index contributed by atoms with van der Waals surface area (Å²) in [5.41, 5.74) is -0.392. The molecule has 1 aromatic heterocycles. The van der Waals surface area contributed by atoms with Gasteiger partial charge in [0.25, 0.3) is 5.91 Å². The van der Waals surface area contributed by atoms with Gasteiger partial charge in [-0.1, -0.05) is 54.0 Å². The predicted molar refractivity (Wildman–Crippen MR) is 345 cm³/mol. The largest absolute Gasteiger partial charge is 0.480 e. The number of aliphatic carboxylic acids is 3. The normalized spacial score (nSPS) is 23.1. The minimum Gasteiger partial charge on any atom is -0.480 e. The van der Waals surface area contributed by atoms with E-state index in [2.05, 4.69) is 43.6 Å². The summed E-state index contributed by atoms with van der Waals surface area (Å²) in [4.78, 5) is 169. The zero-order valence-corrected chi connectivity index (χ0v) is 55.4. The number of nitrogens with one attached hydrogen (secondary N) is 6. The second-order valence-corrected chi connectivity index (χ2v) is 27.2. The van der Waals surface area contributed by atoms with Gasteiger partial charge in [-0.15, -0.1) is 0 Å². The van der Waals surface area contributed by atoms with Crippen LogP contribution in [0.4, 0.5) is 0 Å². The Kier molecular flexibility index (Phi) is 31.5. The summed E-state index contributed by atoms with van der Waals surface area (Å²) in [7, 11) is 0. The van der Waals surface area contributed by atoms with Crippen molar-refractivity contribution in [1.82, 2.24) is 66.3 Å². The number of carbonyl (C=O) groups is 11. The summed E-state index contributed by atoms with van der Waals surface area (Å²) < 4.78 is 0. The van der Waals surface area contributed by atoms with Crippen molar-refractivity contribution in [1.29, 1.82) is 0 Å². The summed E-state index contributed by atoms with van der Waals surface area (Å²) in [6.07, 6.45) is 2.05. The van der Waals surface area contributed by atoms with Crippen LogP contribution >= 0.6 is 23.5 Å². The second kappa shape index (κ2) is 38.0. The first-order valence-corrected chi connectivity index (χ1v) is 34.0. The first kappa shape index (κ1) is 75.4. The molecule has 28 nitrogen and oxygen atoms in total. The number of carboxylic acids is 3. The number of rotatable bonds is 20. The molecule has 91 heavy (non-hydrogen) atoms. The van der Waals surface area contributed by atoms with Crippen LogP contribution in [0, 0.1) is 17.8 Å². The molecule has 0 aromatic carbocycles. The molecule has 8 amide bonds. The zero-order chi connectivity index (χ0) is 66.8. The van der Waals surface area contributed by atoms with Gasteiger partial charge < -0.3 is 52.1 Å². The highest BCUT2D eigenvalue weighted by Crippen LogP contribution is 2.26. The molecule has 3 fully saturated rings. The summed E-state index contributed by atoms with van der Waals surface area (Å²) >= 11 is 2.73. The number of nitrogens with zero attached hydrogens (tertiary/aromatic N) is 8. The molecule has 0 radical (unpaired) electrons. The SMILES string of the molecule is C=NC(=O)CN1CCC(NC(=O)[C@H]2CSCc3cccc(n3)CSC[C@@H](NC(=O)CCC(C)C)C(=O)NC3(CCN(C(=O)CN4CCN(CC(=O)O)CCN(CC(=O)O)CCN(CC(=O)O)CC4)CC3)C(=O)NC(CC(C)C)C(=O)N[C@@H]([C@@H](C)CC)C(=O)N2)CC1. The minimum atomic E-state index is -1.76. The van der Waals surface area contributed by atoms with Crippen LogP contribution in [0.5, 0.6) is 0 Å². The summed E-state index contributed by atoms with van der Waals surface area (Å²) in [6, 6.07) is 0.657. The van der Waals surface area contributed by atoms with Crippen molar-refractivity contribution in [3.05, 3.63) is 29.6 Å².